The van der Waals surface area contributed by atoms with Gasteiger partial charge in [-0.15, -0.1) is 0 Å². The molecule has 1 aromatic heterocycles. The Morgan fingerprint density at radius 2 is 1.84 bits per heavy atom. The molecule has 1 aliphatic heterocycles. The van der Waals surface area contributed by atoms with Gasteiger partial charge in [0.25, 0.3) is 0 Å². The summed E-state index contributed by atoms with van der Waals surface area (Å²) in [6, 6.07) is 7.64. The Hall–Kier alpha value is -2.67. The van der Waals surface area contributed by atoms with Crippen molar-refractivity contribution in [2.75, 3.05) is 18.0 Å². The molecular weight excluding hydrogens is 415 g/mol. The number of piperidine rings is 1. The van der Waals surface area contributed by atoms with Gasteiger partial charge in [-0.25, -0.2) is 12.8 Å². The van der Waals surface area contributed by atoms with Crippen molar-refractivity contribution >= 4 is 26.4 Å². The van der Waals surface area contributed by atoms with Crippen molar-refractivity contribution < 1.29 is 12.8 Å². The van der Waals surface area contributed by atoms with Crippen molar-refractivity contribution in [1.29, 1.82) is 0 Å². The van der Waals surface area contributed by atoms with Crippen molar-refractivity contribution in [3.63, 3.8) is 0 Å². The van der Waals surface area contributed by atoms with E-state index in [0.29, 0.717) is 17.1 Å². The first-order valence-corrected chi connectivity index (χ1v) is 12.0. The summed E-state index contributed by atoms with van der Waals surface area (Å²) in [5.41, 5.74) is 2.08. The minimum atomic E-state index is -4.04. The van der Waals surface area contributed by atoms with Gasteiger partial charge in [-0.3, -0.25) is 4.79 Å². The van der Waals surface area contributed by atoms with Gasteiger partial charge in [0, 0.05) is 26.3 Å². The van der Waals surface area contributed by atoms with E-state index in [1.807, 2.05) is 18.7 Å². The summed E-state index contributed by atoms with van der Waals surface area (Å²) >= 11 is 0. The van der Waals surface area contributed by atoms with Crippen LogP contribution >= 0.6 is 0 Å². The highest BCUT2D eigenvalue weighted by Crippen LogP contribution is 2.30. The minimum Gasteiger partial charge on any atom is -0.369 e. The van der Waals surface area contributed by atoms with E-state index in [2.05, 4.69) is 6.92 Å². The maximum Gasteiger partial charge on any atom is 0.211 e. The number of aromatic nitrogens is 1. The van der Waals surface area contributed by atoms with Crippen molar-refractivity contribution in [1.82, 2.24) is 4.57 Å². The Morgan fingerprint density at radius 3 is 2.52 bits per heavy atom. The van der Waals surface area contributed by atoms with E-state index in [1.54, 1.807) is 29.8 Å². The summed E-state index contributed by atoms with van der Waals surface area (Å²) in [7, 11) is -2.36. The molecule has 1 fully saturated rings. The van der Waals surface area contributed by atoms with Gasteiger partial charge in [0.05, 0.1) is 21.5 Å². The van der Waals surface area contributed by atoms with Gasteiger partial charge >= 0.3 is 0 Å². The van der Waals surface area contributed by atoms with Crippen molar-refractivity contribution in [3.05, 3.63) is 63.7 Å². The molecule has 0 spiro atoms. The summed E-state index contributed by atoms with van der Waals surface area (Å²) in [6.07, 6.45) is 3.45. The first kappa shape index (κ1) is 21.6. The Labute approximate surface area is 182 Å². The van der Waals surface area contributed by atoms with Crippen LogP contribution in [0.15, 0.2) is 51.1 Å². The van der Waals surface area contributed by atoms with Crippen LogP contribution in [0.5, 0.6) is 0 Å². The normalized spacial score (nSPS) is 17.3. The number of hydrogen-bond donors (Lipinski definition) is 0. The lowest BCUT2D eigenvalue weighted by Gasteiger charge is -2.33. The maximum atomic E-state index is 15.1. The van der Waals surface area contributed by atoms with Crippen LogP contribution in [0.1, 0.15) is 30.9 Å². The largest absolute Gasteiger partial charge is 0.369 e. The van der Waals surface area contributed by atoms with Gasteiger partial charge in [0.1, 0.15) is 10.7 Å². The monoisotopic (exact) mass is 442 g/mol. The zero-order chi connectivity index (χ0) is 22.5. The molecule has 0 aliphatic carbocycles. The maximum absolute atomic E-state index is 15.1. The van der Waals surface area contributed by atoms with Crippen LogP contribution in [0.3, 0.4) is 0 Å². The molecule has 0 bridgehead atoms. The van der Waals surface area contributed by atoms with Gasteiger partial charge in [-0.1, -0.05) is 13.0 Å². The van der Waals surface area contributed by atoms with Gasteiger partial charge in [0.15, 0.2) is 0 Å². The third-order valence-corrected chi connectivity index (χ3v) is 8.04. The third-order valence-electron chi connectivity index (χ3n) is 6.30. The Bertz CT molecular complexity index is 1350. The zero-order valence-corrected chi connectivity index (χ0v) is 19.1. The molecule has 31 heavy (non-hydrogen) atoms. The average Bonchev–Trinajstić information content (AvgIpc) is 2.72. The highest BCUT2D eigenvalue weighted by Gasteiger charge is 2.26. The quantitative estimate of drug-likeness (QED) is 0.605. The summed E-state index contributed by atoms with van der Waals surface area (Å²) in [6.45, 7) is 7.38. The third kappa shape index (κ3) is 3.76. The first-order valence-electron chi connectivity index (χ1n) is 10.5. The molecule has 1 atom stereocenters. The SMILES string of the molecule is Cc1ccc(S(=O)(=O)c2cn(C)c3cc(N4CCC[C@@H](C)C4)c(F)cc3c2=O)cc1C. The predicted molar refractivity (Wildman–Crippen MR) is 121 cm³/mol. The fraction of sp³-hybridized carbons (Fsp3) is 0.375. The lowest BCUT2D eigenvalue weighted by molar-refractivity contribution is 0.442. The molecule has 4 rings (SSSR count). The molecule has 0 radical (unpaired) electrons. The minimum absolute atomic E-state index is 0.0615. The van der Waals surface area contributed by atoms with Crippen LogP contribution in [0.4, 0.5) is 10.1 Å². The highest BCUT2D eigenvalue weighted by molar-refractivity contribution is 7.91. The van der Waals surface area contributed by atoms with E-state index >= 15 is 4.39 Å². The van der Waals surface area contributed by atoms with Gasteiger partial charge < -0.3 is 9.47 Å². The van der Waals surface area contributed by atoms with Gasteiger partial charge in [0.2, 0.25) is 15.3 Å². The number of sulfone groups is 1. The molecular formula is C24H27FN2O3S. The lowest BCUT2D eigenvalue weighted by atomic mass is 9.99. The second kappa shape index (κ2) is 7.79. The van der Waals surface area contributed by atoms with Crippen LogP contribution in [-0.2, 0) is 16.9 Å². The number of fused-ring (bicyclic) bond motifs is 1. The molecule has 5 nitrogen and oxygen atoms in total. The number of nitrogens with zero attached hydrogens (tertiary/aromatic N) is 2. The Kier molecular flexibility index (Phi) is 5.41. The second-order valence-corrected chi connectivity index (χ2v) is 10.6. The van der Waals surface area contributed by atoms with Crippen LogP contribution < -0.4 is 10.3 Å². The highest BCUT2D eigenvalue weighted by atomic mass is 32.2. The zero-order valence-electron chi connectivity index (χ0n) is 18.3. The smallest absolute Gasteiger partial charge is 0.211 e. The molecule has 0 unspecified atom stereocenters. The van der Waals surface area contributed by atoms with Crippen LogP contribution in [0, 0.1) is 25.6 Å². The van der Waals surface area contributed by atoms with E-state index in [0.717, 1.165) is 37.1 Å². The summed E-state index contributed by atoms with van der Waals surface area (Å²) < 4.78 is 43.1. The Balaban J connectivity index is 1.88. The van der Waals surface area contributed by atoms with E-state index in [1.165, 1.54) is 18.3 Å². The van der Waals surface area contributed by atoms with Crippen LogP contribution in [0.25, 0.3) is 10.9 Å². The molecule has 164 valence electrons. The van der Waals surface area contributed by atoms with Crippen molar-refractivity contribution in [2.24, 2.45) is 13.0 Å². The summed E-state index contributed by atoms with van der Waals surface area (Å²) in [5.74, 6) is -0.0300. The fourth-order valence-electron chi connectivity index (χ4n) is 4.31. The molecule has 0 amide bonds. The number of hydrogen-bond acceptors (Lipinski definition) is 4. The summed E-state index contributed by atoms with van der Waals surface area (Å²) in [5, 5.41) is 0.0683. The van der Waals surface area contributed by atoms with Crippen LogP contribution in [-0.4, -0.2) is 26.1 Å². The second-order valence-electron chi connectivity index (χ2n) is 8.70. The Morgan fingerprint density at radius 1 is 1.10 bits per heavy atom. The van der Waals surface area contributed by atoms with Gasteiger partial charge in [-0.2, -0.15) is 0 Å². The summed E-state index contributed by atoms with van der Waals surface area (Å²) in [4.78, 5) is 14.9. The standard InChI is InChI=1S/C24H27FN2O3S/c1-15-6-5-9-27(13-15)22-12-21-19(11-20(22)25)24(28)23(14-26(21)4)31(29,30)18-8-7-16(2)17(3)10-18/h7-8,10-12,14-15H,5-6,9,13H2,1-4H3/t15-/m1/s1. The molecule has 7 heteroatoms. The number of aryl methyl sites for hydroxylation is 3. The predicted octanol–water partition coefficient (Wildman–Crippen LogP) is 4.36. The number of benzene rings is 2. The molecule has 0 saturated carbocycles. The van der Waals surface area contributed by atoms with Crippen molar-refractivity contribution in [2.45, 2.75) is 43.4 Å². The molecule has 1 aliphatic rings. The first-order chi connectivity index (χ1) is 14.6. The van der Waals surface area contributed by atoms with Gasteiger partial charge in [-0.05, 0) is 68.0 Å². The molecule has 1 saturated heterocycles. The molecule has 2 aromatic carbocycles. The molecule has 0 N–H and O–H groups in total. The number of anilines is 1. The number of halogens is 1. The van der Waals surface area contributed by atoms with Crippen molar-refractivity contribution in [3.8, 4) is 0 Å². The number of pyridine rings is 1. The van der Waals surface area contributed by atoms with E-state index in [9.17, 15) is 13.2 Å². The molecule has 2 heterocycles. The fourth-order valence-corrected chi connectivity index (χ4v) is 5.80. The van der Waals surface area contributed by atoms with E-state index in [-0.39, 0.29) is 15.2 Å². The van der Waals surface area contributed by atoms with Crippen LogP contribution in [0.2, 0.25) is 0 Å². The average molecular weight is 443 g/mol. The van der Waals surface area contributed by atoms with E-state index in [4.69, 9.17) is 0 Å². The number of rotatable bonds is 3. The lowest BCUT2D eigenvalue weighted by Crippen LogP contribution is -2.35. The molecule has 3 aromatic rings. The van der Waals surface area contributed by atoms with E-state index < -0.39 is 21.1 Å². The topological polar surface area (TPSA) is 59.4 Å².